The fourth-order valence-corrected chi connectivity index (χ4v) is 2.75. The van der Waals surface area contributed by atoms with Crippen molar-refractivity contribution in [2.75, 3.05) is 24.7 Å². The highest BCUT2D eigenvalue weighted by atomic mass is 32.2. The summed E-state index contributed by atoms with van der Waals surface area (Å²) < 4.78 is 0. The Morgan fingerprint density at radius 3 is 2.14 bits per heavy atom. The fraction of sp³-hybridized carbons (Fsp3) is 0.278. The van der Waals surface area contributed by atoms with E-state index in [1.54, 1.807) is 11.8 Å². The molecule has 0 saturated carbocycles. The van der Waals surface area contributed by atoms with Crippen LogP contribution in [-0.4, -0.2) is 25.6 Å². The van der Waals surface area contributed by atoms with E-state index in [2.05, 4.69) is 32.0 Å². The van der Waals surface area contributed by atoms with Crippen LogP contribution in [0, 0.1) is 13.8 Å². The van der Waals surface area contributed by atoms with E-state index in [1.807, 2.05) is 42.5 Å². The van der Waals surface area contributed by atoms with Crippen molar-refractivity contribution in [2.24, 2.45) is 0 Å². The van der Waals surface area contributed by atoms with E-state index >= 15 is 0 Å². The molecule has 0 aliphatic carbocycles. The van der Waals surface area contributed by atoms with Gasteiger partial charge in [0.1, 0.15) is 0 Å². The second-order valence-corrected chi connectivity index (χ2v) is 6.23. The lowest BCUT2D eigenvalue weighted by atomic mass is 10.1. The summed E-state index contributed by atoms with van der Waals surface area (Å²) in [5.74, 6) is 0.143. The number of benzene rings is 2. The molecule has 0 unspecified atom stereocenters. The van der Waals surface area contributed by atoms with E-state index in [0.29, 0.717) is 6.54 Å². The summed E-state index contributed by atoms with van der Waals surface area (Å²) in [7, 11) is 1.96. The maximum atomic E-state index is 12.3. The van der Waals surface area contributed by atoms with Crippen molar-refractivity contribution in [2.45, 2.75) is 18.7 Å². The highest BCUT2D eigenvalue weighted by Crippen LogP contribution is 2.19. The molecule has 0 fully saturated rings. The number of likely N-dealkylation sites (N-methyl/N-ethyl adjacent to an activating group) is 1. The fourth-order valence-electron chi connectivity index (χ4n) is 2.35. The van der Waals surface area contributed by atoms with Crippen LogP contribution < -0.4 is 4.90 Å². The van der Waals surface area contributed by atoms with Gasteiger partial charge in [0.15, 0.2) is 5.78 Å². The smallest absolute Gasteiger partial charge is 0.182 e. The van der Waals surface area contributed by atoms with E-state index in [-0.39, 0.29) is 5.78 Å². The average molecular weight is 299 g/mol. The summed E-state index contributed by atoms with van der Waals surface area (Å²) in [5.41, 5.74) is 4.29. The number of rotatable bonds is 5. The normalized spacial score (nSPS) is 10.5. The van der Waals surface area contributed by atoms with Gasteiger partial charge in [-0.05, 0) is 55.5 Å². The molecule has 0 radical (unpaired) electrons. The van der Waals surface area contributed by atoms with Gasteiger partial charge in [0, 0.05) is 23.2 Å². The van der Waals surface area contributed by atoms with E-state index in [9.17, 15) is 4.79 Å². The van der Waals surface area contributed by atoms with Gasteiger partial charge in [0.05, 0.1) is 6.54 Å². The van der Waals surface area contributed by atoms with Crippen LogP contribution >= 0.6 is 11.8 Å². The minimum atomic E-state index is 0.143. The molecule has 2 aromatic rings. The lowest BCUT2D eigenvalue weighted by Gasteiger charge is -2.19. The van der Waals surface area contributed by atoms with Gasteiger partial charge in [-0.1, -0.05) is 18.2 Å². The number of carbonyl (C=O) groups is 1. The first-order valence-corrected chi connectivity index (χ1v) is 8.19. The Labute approximate surface area is 131 Å². The maximum Gasteiger partial charge on any atom is 0.182 e. The maximum absolute atomic E-state index is 12.3. The Morgan fingerprint density at radius 2 is 1.62 bits per heavy atom. The van der Waals surface area contributed by atoms with Crippen molar-refractivity contribution in [1.29, 1.82) is 0 Å². The molecule has 0 spiro atoms. The quantitative estimate of drug-likeness (QED) is 0.605. The van der Waals surface area contributed by atoms with Gasteiger partial charge >= 0.3 is 0 Å². The van der Waals surface area contributed by atoms with Crippen molar-refractivity contribution in [1.82, 2.24) is 0 Å². The average Bonchev–Trinajstić information content (AvgIpc) is 2.46. The van der Waals surface area contributed by atoms with Crippen molar-refractivity contribution in [3.63, 3.8) is 0 Å². The molecule has 0 aliphatic heterocycles. The van der Waals surface area contributed by atoms with E-state index in [0.717, 1.165) is 11.3 Å². The Morgan fingerprint density at radius 1 is 1.05 bits per heavy atom. The van der Waals surface area contributed by atoms with Crippen LogP contribution in [0.1, 0.15) is 21.5 Å². The van der Waals surface area contributed by atoms with Crippen molar-refractivity contribution in [3.8, 4) is 0 Å². The first-order chi connectivity index (χ1) is 9.99. The van der Waals surface area contributed by atoms with Gasteiger partial charge in [0.25, 0.3) is 0 Å². The van der Waals surface area contributed by atoms with Gasteiger partial charge in [-0.3, -0.25) is 4.79 Å². The van der Waals surface area contributed by atoms with Crippen LogP contribution in [-0.2, 0) is 0 Å². The lowest BCUT2D eigenvalue weighted by Crippen LogP contribution is -2.25. The Bertz CT molecular complexity index is 614. The number of aryl methyl sites for hydroxylation is 2. The molecule has 2 aromatic carbocycles. The van der Waals surface area contributed by atoms with Crippen LogP contribution in [0.5, 0.6) is 0 Å². The molecule has 0 aliphatic rings. The molecular formula is C18H21NOS. The number of thioether (sulfide) groups is 1. The molecule has 0 bridgehead atoms. The monoisotopic (exact) mass is 299 g/mol. The molecule has 0 N–H and O–H groups in total. The summed E-state index contributed by atoms with van der Waals surface area (Å²) in [5, 5.41) is 0. The van der Waals surface area contributed by atoms with Gasteiger partial charge in [-0.15, -0.1) is 11.8 Å². The Balaban J connectivity index is 2.10. The predicted octanol–water partition coefficient (Wildman–Crippen LogP) is 4.34. The van der Waals surface area contributed by atoms with Crippen LogP contribution in [0.3, 0.4) is 0 Å². The molecule has 21 heavy (non-hydrogen) atoms. The second-order valence-electron chi connectivity index (χ2n) is 5.35. The number of hydrogen-bond donors (Lipinski definition) is 0. The molecule has 0 atom stereocenters. The molecule has 110 valence electrons. The van der Waals surface area contributed by atoms with E-state index < -0.39 is 0 Å². The largest absolute Gasteiger partial charge is 0.367 e. The molecule has 0 saturated heterocycles. The Kier molecular flexibility index (Phi) is 5.07. The molecule has 0 aromatic heterocycles. The zero-order valence-electron chi connectivity index (χ0n) is 13.0. The second kappa shape index (κ2) is 6.81. The molecule has 2 nitrogen and oxygen atoms in total. The van der Waals surface area contributed by atoms with Crippen LogP contribution in [0.2, 0.25) is 0 Å². The van der Waals surface area contributed by atoms with Gasteiger partial charge in [0.2, 0.25) is 0 Å². The van der Waals surface area contributed by atoms with Gasteiger partial charge in [-0.25, -0.2) is 0 Å². The van der Waals surface area contributed by atoms with Crippen molar-refractivity contribution < 1.29 is 4.79 Å². The molecule has 0 amide bonds. The van der Waals surface area contributed by atoms with Crippen LogP contribution in [0.15, 0.2) is 47.4 Å². The number of ketones is 1. The summed E-state index contributed by atoms with van der Waals surface area (Å²) in [6.07, 6.45) is 2.03. The third kappa shape index (κ3) is 4.11. The van der Waals surface area contributed by atoms with Crippen molar-refractivity contribution >= 4 is 23.2 Å². The lowest BCUT2D eigenvalue weighted by molar-refractivity contribution is 0.100. The van der Waals surface area contributed by atoms with Crippen LogP contribution in [0.25, 0.3) is 0 Å². The number of hydrogen-bond acceptors (Lipinski definition) is 3. The number of anilines is 1. The molecule has 0 heterocycles. The Hall–Kier alpha value is -1.74. The first-order valence-electron chi connectivity index (χ1n) is 6.96. The third-order valence-electron chi connectivity index (χ3n) is 3.44. The minimum absolute atomic E-state index is 0.143. The zero-order chi connectivity index (χ0) is 15.4. The molecule has 3 heteroatoms. The summed E-state index contributed by atoms with van der Waals surface area (Å²) in [6, 6.07) is 14.2. The number of nitrogens with zero attached hydrogens (tertiary/aromatic N) is 1. The van der Waals surface area contributed by atoms with E-state index in [1.165, 1.54) is 16.0 Å². The summed E-state index contributed by atoms with van der Waals surface area (Å²) in [4.78, 5) is 15.5. The van der Waals surface area contributed by atoms with Crippen molar-refractivity contribution in [3.05, 3.63) is 59.2 Å². The predicted molar refractivity (Wildman–Crippen MR) is 91.7 cm³/mol. The highest BCUT2D eigenvalue weighted by molar-refractivity contribution is 7.98. The number of Topliss-reactive ketones (excluding diaryl/α,β-unsaturated/α-hetero) is 1. The SMILES string of the molecule is CSc1ccc(C(=O)CN(C)c2cc(C)cc(C)c2)cc1. The molecular weight excluding hydrogens is 278 g/mol. The molecule has 2 rings (SSSR count). The summed E-state index contributed by atoms with van der Waals surface area (Å²) in [6.45, 7) is 4.54. The van der Waals surface area contributed by atoms with Gasteiger partial charge < -0.3 is 4.90 Å². The minimum Gasteiger partial charge on any atom is -0.367 e. The highest BCUT2D eigenvalue weighted by Gasteiger charge is 2.10. The first kappa shape index (κ1) is 15.6. The zero-order valence-corrected chi connectivity index (χ0v) is 13.8. The van der Waals surface area contributed by atoms with E-state index in [4.69, 9.17) is 0 Å². The standard InChI is InChI=1S/C18H21NOS/c1-13-9-14(2)11-16(10-13)19(3)12-18(20)15-5-7-17(21-4)8-6-15/h5-11H,12H2,1-4H3. The third-order valence-corrected chi connectivity index (χ3v) is 4.18. The van der Waals surface area contributed by atoms with Gasteiger partial charge in [-0.2, -0.15) is 0 Å². The summed E-state index contributed by atoms with van der Waals surface area (Å²) >= 11 is 1.68. The topological polar surface area (TPSA) is 20.3 Å². The van der Waals surface area contributed by atoms with Crippen LogP contribution in [0.4, 0.5) is 5.69 Å². The number of carbonyl (C=O) groups excluding carboxylic acids is 1.